The Kier molecular flexibility index (Phi) is 6.86. The Morgan fingerprint density at radius 3 is 2.68 bits per heavy atom. The lowest BCUT2D eigenvalue weighted by Crippen LogP contribution is -2.51. The van der Waals surface area contributed by atoms with Crippen LogP contribution < -0.4 is 10.2 Å². The zero-order valence-corrected chi connectivity index (χ0v) is 18.9. The van der Waals surface area contributed by atoms with E-state index >= 15 is 0 Å². The van der Waals surface area contributed by atoms with Crippen molar-refractivity contribution in [2.75, 3.05) is 18.0 Å². The number of rotatable bonds is 7. The molecule has 1 saturated carbocycles. The fraction of sp³-hybridized carbons (Fsp3) is 0.636. The zero-order chi connectivity index (χ0) is 21.7. The topological polar surface area (TPSA) is 100.0 Å². The maximum absolute atomic E-state index is 12.9. The van der Waals surface area contributed by atoms with Crippen LogP contribution >= 0.6 is 11.8 Å². The molecule has 8 nitrogen and oxygen atoms in total. The highest BCUT2D eigenvalue weighted by molar-refractivity contribution is 8.00. The predicted octanol–water partition coefficient (Wildman–Crippen LogP) is 3.73. The molecule has 166 valence electrons. The van der Waals surface area contributed by atoms with E-state index in [0.717, 1.165) is 69.7 Å². The first kappa shape index (κ1) is 21.8. The van der Waals surface area contributed by atoms with Crippen molar-refractivity contribution in [2.45, 2.75) is 80.8 Å². The first-order valence-corrected chi connectivity index (χ1v) is 12.1. The number of amides is 1. The quantitative estimate of drug-likeness (QED) is 0.652. The van der Waals surface area contributed by atoms with Crippen molar-refractivity contribution >= 4 is 23.6 Å². The molecule has 4 rings (SSSR count). The van der Waals surface area contributed by atoms with Gasteiger partial charge in [-0.15, -0.1) is 10.2 Å². The number of thioether (sulfide) groups is 1. The van der Waals surface area contributed by atoms with Crippen LogP contribution in [0.1, 0.15) is 64.1 Å². The number of piperidine rings is 1. The third kappa shape index (κ3) is 5.06. The monoisotopic (exact) mass is 442 g/mol. The lowest BCUT2D eigenvalue weighted by Gasteiger charge is -2.32. The van der Waals surface area contributed by atoms with E-state index in [4.69, 9.17) is 4.42 Å². The number of carbonyl (C=O) groups excluding carboxylic acids is 1. The van der Waals surface area contributed by atoms with Crippen LogP contribution in [-0.2, 0) is 11.3 Å². The average Bonchev–Trinajstić information content (AvgIpc) is 3.46. The maximum Gasteiger partial charge on any atom is 0.234 e. The van der Waals surface area contributed by atoms with Gasteiger partial charge in [-0.25, -0.2) is 0 Å². The Hall–Kier alpha value is -2.47. The van der Waals surface area contributed by atoms with Crippen molar-refractivity contribution in [3.05, 3.63) is 24.2 Å². The number of anilines is 1. The molecular weight excluding hydrogens is 412 g/mol. The van der Waals surface area contributed by atoms with E-state index in [0.29, 0.717) is 11.7 Å². The molecule has 2 aromatic heterocycles. The first-order chi connectivity index (χ1) is 15.1. The standard InChI is InChI=1S/C22H30N6O2S/c1-17(19(29)24-22(16-23)10-4-2-5-11-22)31-21-26-25-20(27-12-6-3-7-13-27)28(21)15-18-9-8-14-30-18/h8-9,14,17H,2-7,10-13,15H2,1H3,(H,24,29). The van der Waals surface area contributed by atoms with E-state index in [2.05, 4.69) is 26.5 Å². The Bertz CT molecular complexity index is 907. The van der Waals surface area contributed by atoms with Crippen molar-refractivity contribution in [2.24, 2.45) is 0 Å². The molecule has 1 N–H and O–H groups in total. The first-order valence-electron chi connectivity index (χ1n) is 11.2. The van der Waals surface area contributed by atoms with Crippen LogP contribution in [0, 0.1) is 11.3 Å². The van der Waals surface area contributed by atoms with Crippen LogP contribution in [0.15, 0.2) is 28.0 Å². The molecule has 1 aliphatic heterocycles. The smallest absolute Gasteiger partial charge is 0.234 e. The third-order valence-electron chi connectivity index (χ3n) is 6.17. The Labute approximate surface area is 187 Å². The van der Waals surface area contributed by atoms with Crippen molar-refractivity contribution in [1.29, 1.82) is 5.26 Å². The second-order valence-electron chi connectivity index (χ2n) is 8.50. The second kappa shape index (κ2) is 9.77. The number of nitrogens with one attached hydrogen (secondary N) is 1. The van der Waals surface area contributed by atoms with Gasteiger partial charge in [0.2, 0.25) is 11.9 Å². The van der Waals surface area contributed by atoms with Gasteiger partial charge in [-0.3, -0.25) is 9.36 Å². The number of aromatic nitrogens is 3. The average molecular weight is 443 g/mol. The Morgan fingerprint density at radius 2 is 2.00 bits per heavy atom. The van der Waals surface area contributed by atoms with Crippen molar-refractivity contribution in [3.63, 3.8) is 0 Å². The Morgan fingerprint density at radius 1 is 1.26 bits per heavy atom. The van der Waals surface area contributed by atoms with Gasteiger partial charge in [0, 0.05) is 13.1 Å². The zero-order valence-electron chi connectivity index (χ0n) is 18.0. The van der Waals surface area contributed by atoms with Gasteiger partial charge in [-0.1, -0.05) is 31.0 Å². The van der Waals surface area contributed by atoms with Gasteiger partial charge in [0.15, 0.2) is 5.16 Å². The number of furan rings is 1. The van der Waals surface area contributed by atoms with Crippen molar-refractivity contribution < 1.29 is 9.21 Å². The van der Waals surface area contributed by atoms with E-state index in [1.807, 2.05) is 23.6 Å². The van der Waals surface area contributed by atoms with Crippen LogP contribution in [0.25, 0.3) is 0 Å². The summed E-state index contributed by atoms with van der Waals surface area (Å²) in [5.41, 5.74) is -0.731. The fourth-order valence-electron chi connectivity index (χ4n) is 4.36. The minimum absolute atomic E-state index is 0.125. The summed E-state index contributed by atoms with van der Waals surface area (Å²) in [6.45, 7) is 4.30. The summed E-state index contributed by atoms with van der Waals surface area (Å²) >= 11 is 1.38. The molecule has 2 aliphatic rings. The molecule has 1 aliphatic carbocycles. The second-order valence-corrected chi connectivity index (χ2v) is 9.81. The minimum Gasteiger partial charge on any atom is -0.467 e. The van der Waals surface area contributed by atoms with Gasteiger partial charge in [0.25, 0.3) is 0 Å². The van der Waals surface area contributed by atoms with Crippen LogP contribution in [-0.4, -0.2) is 44.6 Å². The van der Waals surface area contributed by atoms with E-state index in [1.54, 1.807) is 6.26 Å². The molecule has 2 aromatic rings. The van der Waals surface area contributed by atoms with Gasteiger partial charge in [0.05, 0.1) is 24.1 Å². The Balaban J connectivity index is 1.50. The molecule has 9 heteroatoms. The van der Waals surface area contributed by atoms with Gasteiger partial charge in [-0.05, 0) is 51.2 Å². The highest BCUT2D eigenvalue weighted by Gasteiger charge is 2.35. The van der Waals surface area contributed by atoms with Crippen molar-refractivity contribution in [1.82, 2.24) is 20.1 Å². The lowest BCUT2D eigenvalue weighted by molar-refractivity contribution is -0.121. The number of nitriles is 1. The molecule has 0 radical (unpaired) electrons. The van der Waals surface area contributed by atoms with Gasteiger partial charge >= 0.3 is 0 Å². The third-order valence-corrected chi connectivity index (χ3v) is 7.25. The molecule has 31 heavy (non-hydrogen) atoms. The summed E-state index contributed by atoms with van der Waals surface area (Å²) in [6.07, 6.45) is 9.71. The predicted molar refractivity (Wildman–Crippen MR) is 119 cm³/mol. The summed E-state index contributed by atoms with van der Waals surface area (Å²) in [4.78, 5) is 15.2. The number of nitrogens with zero attached hydrogens (tertiary/aromatic N) is 5. The highest BCUT2D eigenvalue weighted by atomic mass is 32.2. The SMILES string of the molecule is CC(Sc1nnc(N2CCCCC2)n1Cc1ccco1)C(=O)NC1(C#N)CCCCC1. The highest BCUT2D eigenvalue weighted by Crippen LogP contribution is 2.31. The maximum atomic E-state index is 12.9. The van der Waals surface area contributed by atoms with Gasteiger partial charge < -0.3 is 14.6 Å². The minimum atomic E-state index is -0.731. The van der Waals surface area contributed by atoms with E-state index in [-0.39, 0.29) is 11.2 Å². The van der Waals surface area contributed by atoms with Crippen LogP contribution in [0.5, 0.6) is 0 Å². The molecule has 0 aromatic carbocycles. The van der Waals surface area contributed by atoms with Crippen LogP contribution in [0.2, 0.25) is 0 Å². The molecule has 2 fully saturated rings. The lowest BCUT2D eigenvalue weighted by atomic mass is 9.83. The molecule has 0 spiro atoms. The largest absolute Gasteiger partial charge is 0.467 e. The summed E-state index contributed by atoms with van der Waals surface area (Å²) in [6, 6.07) is 6.17. The summed E-state index contributed by atoms with van der Waals surface area (Å²) in [5, 5.41) is 21.9. The molecule has 1 amide bonds. The molecule has 1 unspecified atom stereocenters. The molecule has 1 saturated heterocycles. The van der Waals surface area contributed by atoms with Gasteiger partial charge in [-0.2, -0.15) is 5.26 Å². The fourth-order valence-corrected chi connectivity index (χ4v) is 5.21. The van der Waals surface area contributed by atoms with E-state index in [9.17, 15) is 10.1 Å². The van der Waals surface area contributed by atoms with Crippen LogP contribution in [0.3, 0.4) is 0 Å². The molecule has 3 heterocycles. The summed E-state index contributed by atoms with van der Waals surface area (Å²) < 4.78 is 7.61. The normalized spacial score (nSPS) is 19.5. The van der Waals surface area contributed by atoms with Crippen LogP contribution in [0.4, 0.5) is 5.95 Å². The summed E-state index contributed by atoms with van der Waals surface area (Å²) in [7, 11) is 0. The van der Waals surface area contributed by atoms with Gasteiger partial charge in [0.1, 0.15) is 11.3 Å². The van der Waals surface area contributed by atoms with E-state index in [1.165, 1.54) is 18.2 Å². The van der Waals surface area contributed by atoms with Crippen molar-refractivity contribution in [3.8, 4) is 6.07 Å². The number of hydrogen-bond donors (Lipinski definition) is 1. The summed E-state index contributed by atoms with van der Waals surface area (Å²) in [5.74, 6) is 1.52. The number of carbonyl (C=O) groups is 1. The molecular formula is C22H30N6O2S. The molecule has 1 atom stereocenters. The number of hydrogen-bond acceptors (Lipinski definition) is 7. The molecule has 0 bridgehead atoms. The van der Waals surface area contributed by atoms with E-state index < -0.39 is 5.54 Å².